The highest BCUT2D eigenvalue weighted by Gasteiger charge is 2.08. The van der Waals surface area contributed by atoms with E-state index in [1.165, 1.54) is 0 Å². The molecule has 0 fully saturated rings. The second-order valence-corrected chi connectivity index (χ2v) is 5.13. The molecule has 0 aliphatic carbocycles. The number of nitrogens with zero attached hydrogens (tertiary/aromatic N) is 2. The van der Waals surface area contributed by atoms with Crippen molar-refractivity contribution in [2.75, 3.05) is 12.3 Å². The highest BCUT2D eigenvalue weighted by atomic mass is 79.9. The molecule has 0 saturated carbocycles. The zero-order chi connectivity index (χ0) is 14.1. The average molecular weight is 333 g/mol. The number of fused-ring (bicyclic) bond motifs is 1. The van der Waals surface area contributed by atoms with Crippen LogP contribution in [-0.4, -0.2) is 21.6 Å². The number of hydrogen-bond donors (Lipinski definition) is 2. The van der Waals surface area contributed by atoms with Gasteiger partial charge in [0.05, 0.1) is 12.1 Å². The molecule has 1 aromatic carbocycles. The van der Waals surface area contributed by atoms with E-state index in [9.17, 15) is 0 Å². The summed E-state index contributed by atoms with van der Waals surface area (Å²) in [5, 5.41) is 0. The summed E-state index contributed by atoms with van der Waals surface area (Å²) in [4.78, 5) is 12.1. The maximum absolute atomic E-state index is 5.89. The van der Waals surface area contributed by atoms with Crippen LogP contribution in [-0.2, 0) is 0 Å². The van der Waals surface area contributed by atoms with Crippen LogP contribution in [0.4, 0.5) is 5.69 Å². The molecule has 6 heteroatoms. The average Bonchev–Trinajstić information content (AvgIpc) is 2.85. The molecule has 3 rings (SSSR count). The first-order valence-corrected chi connectivity index (χ1v) is 7.01. The standard InChI is InChI=1S/C14H13BrN4O/c1-2-20-12-6-5-11-14(18-12)19-13(17-11)8-3-4-9(15)10(16)7-8/h3-7H,2,16H2,1H3,(H,17,18,19). The Morgan fingerprint density at radius 3 is 2.85 bits per heavy atom. The van der Waals surface area contributed by atoms with Crippen molar-refractivity contribution in [3.8, 4) is 17.3 Å². The van der Waals surface area contributed by atoms with Crippen LogP contribution in [0, 0.1) is 0 Å². The Morgan fingerprint density at radius 1 is 1.25 bits per heavy atom. The van der Waals surface area contributed by atoms with Crippen molar-refractivity contribution in [1.29, 1.82) is 0 Å². The van der Waals surface area contributed by atoms with Gasteiger partial charge in [-0.05, 0) is 47.1 Å². The maximum Gasteiger partial charge on any atom is 0.215 e. The number of benzene rings is 1. The van der Waals surface area contributed by atoms with Gasteiger partial charge in [-0.1, -0.05) is 0 Å². The number of nitrogens with two attached hydrogens (primary N) is 1. The molecule has 0 radical (unpaired) electrons. The van der Waals surface area contributed by atoms with Crippen LogP contribution >= 0.6 is 15.9 Å². The predicted molar refractivity (Wildman–Crippen MR) is 82.6 cm³/mol. The van der Waals surface area contributed by atoms with Gasteiger partial charge in [0.25, 0.3) is 0 Å². The minimum atomic E-state index is 0.577. The zero-order valence-electron chi connectivity index (χ0n) is 10.9. The molecule has 0 atom stereocenters. The second-order valence-electron chi connectivity index (χ2n) is 4.28. The fourth-order valence-corrected chi connectivity index (χ4v) is 2.18. The molecule has 2 heterocycles. The molecule has 20 heavy (non-hydrogen) atoms. The van der Waals surface area contributed by atoms with E-state index in [0.717, 1.165) is 21.4 Å². The number of pyridine rings is 1. The highest BCUT2D eigenvalue weighted by Crippen LogP contribution is 2.27. The van der Waals surface area contributed by atoms with Crippen LogP contribution in [0.25, 0.3) is 22.6 Å². The summed E-state index contributed by atoms with van der Waals surface area (Å²) in [6, 6.07) is 9.44. The van der Waals surface area contributed by atoms with Crippen LogP contribution in [0.1, 0.15) is 6.92 Å². The van der Waals surface area contributed by atoms with Crippen molar-refractivity contribution in [3.63, 3.8) is 0 Å². The molecule has 0 saturated heterocycles. The first-order valence-electron chi connectivity index (χ1n) is 6.22. The number of nitrogen functional groups attached to an aromatic ring is 1. The van der Waals surface area contributed by atoms with Crippen LogP contribution < -0.4 is 10.5 Å². The fraction of sp³-hybridized carbons (Fsp3) is 0.143. The Balaban J connectivity index is 2.05. The number of aromatic nitrogens is 3. The van der Waals surface area contributed by atoms with Gasteiger partial charge in [-0.3, -0.25) is 0 Å². The van der Waals surface area contributed by atoms with Crippen LogP contribution in [0.15, 0.2) is 34.8 Å². The summed E-state index contributed by atoms with van der Waals surface area (Å²) in [6.07, 6.45) is 0. The van der Waals surface area contributed by atoms with E-state index in [-0.39, 0.29) is 0 Å². The summed E-state index contributed by atoms with van der Waals surface area (Å²) in [5.41, 5.74) is 8.98. The minimum Gasteiger partial charge on any atom is -0.478 e. The quantitative estimate of drug-likeness (QED) is 0.721. The van der Waals surface area contributed by atoms with Crippen LogP contribution in [0.2, 0.25) is 0 Å². The fourth-order valence-electron chi connectivity index (χ4n) is 1.93. The Bertz CT molecular complexity index is 769. The predicted octanol–water partition coefficient (Wildman–Crippen LogP) is 3.37. The molecular weight excluding hydrogens is 320 g/mol. The third-order valence-corrected chi connectivity index (χ3v) is 3.60. The number of nitrogens with one attached hydrogen (secondary N) is 1. The number of aromatic amines is 1. The normalized spacial score (nSPS) is 10.9. The molecule has 0 spiro atoms. The molecule has 0 amide bonds. The van der Waals surface area contributed by atoms with Gasteiger partial charge in [0.15, 0.2) is 5.65 Å². The van der Waals surface area contributed by atoms with Crippen LogP contribution in [0.5, 0.6) is 5.88 Å². The number of H-pyrrole nitrogens is 1. The molecule has 2 aromatic heterocycles. The van der Waals surface area contributed by atoms with Crippen molar-refractivity contribution in [2.24, 2.45) is 0 Å². The Labute approximate surface area is 124 Å². The van der Waals surface area contributed by atoms with Crippen molar-refractivity contribution in [1.82, 2.24) is 15.0 Å². The Hall–Kier alpha value is -2.08. The van der Waals surface area contributed by atoms with E-state index >= 15 is 0 Å². The van der Waals surface area contributed by atoms with Gasteiger partial charge in [0.2, 0.25) is 5.88 Å². The summed E-state index contributed by atoms with van der Waals surface area (Å²) >= 11 is 3.38. The lowest BCUT2D eigenvalue weighted by Gasteiger charge is -2.00. The Morgan fingerprint density at radius 2 is 2.10 bits per heavy atom. The zero-order valence-corrected chi connectivity index (χ0v) is 12.4. The minimum absolute atomic E-state index is 0.577. The SMILES string of the molecule is CCOc1ccc2[nH]c(-c3ccc(Br)c(N)c3)nc2n1. The summed E-state index contributed by atoms with van der Waals surface area (Å²) in [5.74, 6) is 1.31. The number of halogens is 1. The number of anilines is 1. The lowest BCUT2D eigenvalue weighted by molar-refractivity contribution is 0.328. The van der Waals surface area contributed by atoms with Crippen molar-refractivity contribution in [2.45, 2.75) is 6.92 Å². The lowest BCUT2D eigenvalue weighted by Crippen LogP contribution is -1.93. The van der Waals surface area contributed by atoms with Crippen molar-refractivity contribution >= 4 is 32.8 Å². The molecule has 0 aliphatic rings. The highest BCUT2D eigenvalue weighted by molar-refractivity contribution is 9.10. The van der Waals surface area contributed by atoms with Gasteiger partial charge >= 0.3 is 0 Å². The summed E-state index contributed by atoms with van der Waals surface area (Å²) in [7, 11) is 0. The third kappa shape index (κ3) is 2.34. The van der Waals surface area contributed by atoms with E-state index in [1.807, 2.05) is 37.3 Å². The molecule has 0 unspecified atom stereocenters. The van der Waals surface area contributed by atoms with Gasteiger partial charge in [0, 0.05) is 21.8 Å². The second kappa shape index (κ2) is 5.13. The molecule has 3 N–H and O–H groups in total. The number of rotatable bonds is 3. The summed E-state index contributed by atoms with van der Waals surface area (Å²) < 4.78 is 6.24. The number of imidazole rings is 1. The first-order chi connectivity index (χ1) is 9.67. The van der Waals surface area contributed by atoms with Crippen molar-refractivity contribution < 1.29 is 4.74 Å². The molecule has 0 bridgehead atoms. The van der Waals surface area contributed by atoms with Gasteiger partial charge in [0.1, 0.15) is 5.82 Å². The number of ether oxygens (including phenoxy) is 1. The maximum atomic E-state index is 5.89. The van der Waals surface area contributed by atoms with Gasteiger partial charge in [-0.15, -0.1) is 0 Å². The van der Waals surface area contributed by atoms with Gasteiger partial charge < -0.3 is 15.5 Å². The molecule has 5 nitrogen and oxygen atoms in total. The molecule has 3 aromatic rings. The van der Waals surface area contributed by atoms with Gasteiger partial charge in [-0.2, -0.15) is 4.98 Å². The summed E-state index contributed by atoms with van der Waals surface area (Å²) in [6.45, 7) is 2.51. The van der Waals surface area contributed by atoms with E-state index in [2.05, 4.69) is 30.9 Å². The molecular formula is C14H13BrN4O. The van der Waals surface area contributed by atoms with Crippen LogP contribution in [0.3, 0.4) is 0 Å². The lowest BCUT2D eigenvalue weighted by atomic mass is 10.2. The molecule has 0 aliphatic heterocycles. The third-order valence-electron chi connectivity index (χ3n) is 2.88. The first kappa shape index (κ1) is 12.9. The van der Waals surface area contributed by atoms with Gasteiger partial charge in [-0.25, -0.2) is 4.98 Å². The van der Waals surface area contributed by atoms with E-state index < -0.39 is 0 Å². The van der Waals surface area contributed by atoms with E-state index in [0.29, 0.717) is 23.8 Å². The van der Waals surface area contributed by atoms with E-state index in [1.54, 1.807) is 0 Å². The molecule has 102 valence electrons. The van der Waals surface area contributed by atoms with E-state index in [4.69, 9.17) is 10.5 Å². The largest absolute Gasteiger partial charge is 0.478 e. The van der Waals surface area contributed by atoms with Crippen molar-refractivity contribution in [3.05, 3.63) is 34.8 Å². The smallest absolute Gasteiger partial charge is 0.215 e. The monoisotopic (exact) mass is 332 g/mol. The number of hydrogen-bond acceptors (Lipinski definition) is 4. The topological polar surface area (TPSA) is 76.8 Å². The Kier molecular flexibility index (Phi) is 3.31.